The van der Waals surface area contributed by atoms with E-state index in [4.69, 9.17) is 0 Å². The number of carbonyl (C=O) groups excluding carboxylic acids is 1. The molecular weight excluding hydrogens is 232 g/mol. The van der Waals surface area contributed by atoms with Gasteiger partial charge in [-0.25, -0.2) is 0 Å². The van der Waals surface area contributed by atoms with Crippen LogP contribution < -0.4 is 5.32 Å². The van der Waals surface area contributed by atoms with Gasteiger partial charge in [-0.1, -0.05) is 13.3 Å². The van der Waals surface area contributed by atoms with Crippen LogP contribution in [0.25, 0.3) is 0 Å². The fraction of sp³-hybridized carbons (Fsp3) is 0.846. The van der Waals surface area contributed by atoms with E-state index in [2.05, 4.69) is 12.2 Å². The zero-order chi connectivity index (χ0) is 13.1. The summed E-state index contributed by atoms with van der Waals surface area (Å²) in [7, 11) is 0. The molecule has 1 amide bonds. The fourth-order valence-corrected chi connectivity index (χ4v) is 3.14. The maximum Gasteiger partial charge on any atom is 0.307 e. The molecule has 2 aliphatic rings. The summed E-state index contributed by atoms with van der Waals surface area (Å²) in [5, 5.41) is 12.5. The van der Waals surface area contributed by atoms with Crippen molar-refractivity contribution in [2.45, 2.75) is 26.2 Å². The molecule has 1 saturated carbocycles. The number of amides is 1. The lowest BCUT2D eigenvalue weighted by Crippen LogP contribution is -2.49. The van der Waals surface area contributed by atoms with Crippen LogP contribution >= 0.6 is 0 Å². The molecule has 3 atom stereocenters. The molecule has 2 rings (SSSR count). The van der Waals surface area contributed by atoms with Gasteiger partial charge in [-0.05, 0) is 18.8 Å². The zero-order valence-corrected chi connectivity index (χ0v) is 10.9. The molecule has 0 aromatic heterocycles. The van der Waals surface area contributed by atoms with E-state index < -0.39 is 11.9 Å². The van der Waals surface area contributed by atoms with Gasteiger partial charge in [-0.3, -0.25) is 9.59 Å². The number of hydrogen-bond acceptors (Lipinski definition) is 3. The molecule has 0 spiro atoms. The second-order valence-electron chi connectivity index (χ2n) is 5.37. The number of nitrogens with zero attached hydrogens (tertiary/aromatic N) is 1. The zero-order valence-electron chi connectivity index (χ0n) is 10.9. The summed E-state index contributed by atoms with van der Waals surface area (Å²) in [5.74, 6) is -1.13. The molecule has 18 heavy (non-hydrogen) atoms. The Hall–Kier alpha value is -1.10. The summed E-state index contributed by atoms with van der Waals surface area (Å²) >= 11 is 0. The third kappa shape index (κ3) is 2.66. The highest BCUT2D eigenvalue weighted by Gasteiger charge is 2.43. The molecule has 0 bridgehead atoms. The van der Waals surface area contributed by atoms with Crippen molar-refractivity contribution in [3.63, 3.8) is 0 Å². The van der Waals surface area contributed by atoms with Gasteiger partial charge >= 0.3 is 5.97 Å². The number of rotatable bonds is 3. The normalized spacial score (nSPS) is 32.5. The van der Waals surface area contributed by atoms with E-state index in [0.717, 1.165) is 25.9 Å². The molecule has 0 aromatic carbocycles. The first kappa shape index (κ1) is 13.3. The highest BCUT2D eigenvalue weighted by atomic mass is 16.4. The van der Waals surface area contributed by atoms with E-state index in [9.17, 15) is 14.7 Å². The van der Waals surface area contributed by atoms with Gasteiger partial charge in [-0.2, -0.15) is 0 Å². The summed E-state index contributed by atoms with van der Waals surface area (Å²) in [5.41, 5.74) is 0. The molecule has 0 aromatic rings. The maximum absolute atomic E-state index is 12.4. The van der Waals surface area contributed by atoms with Gasteiger partial charge in [0.1, 0.15) is 0 Å². The molecule has 2 fully saturated rings. The molecule has 1 aliphatic carbocycles. The topological polar surface area (TPSA) is 69.6 Å². The molecule has 1 saturated heterocycles. The minimum Gasteiger partial charge on any atom is -0.481 e. The summed E-state index contributed by atoms with van der Waals surface area (Å²) in [4.78, 5) is 25.5. The molecule has 1 aliphatic heterocycles. The highest BCUT2D eigenvalue weighted by molar-refractivity contribution is 5.85. The SMILES string of the molecule is CCC1C[C@H](C(=O)N2CCNCC2)[C@H](C(=O)O)C1. The van der Waals surface area contributed by atoms with Crippen LogP contribution in [0.3, 0.4) is 0 Å². The average molecular weight is 254 g/mol. The average Bonchev–Trinajstić information content (AvgIpc) is 2.83. The van der Waals surface area contributed by atoms with E-state index in [1.165, 1.54) is 0 Å². The van der Waals surface area contributed by atoms with Crippen molar-refractivity contribution >= 4 is 11.9 Å². The molecule has 1 heterocycles. The highest BCUT2D eigenvalue weighted by Crippen LogP contribution is 2.39. The number of aliphatic carboxylic acids is 1. The van der Waals surface area contributed by atoms with Crippen LogP contribution in [0.2, 0.25) is 0 Å². The first-order valence-electron chi connectivity index (χ1n) is 6.85. The van der Waals surface area contributed by atoms with Crippen LogP contribution in [-0.2, 0) is 9.59 Å². The Morgan fingerprint density at radius 3 is 2.39 bits per heavy atom. The van der Waals surface area contributed by atoms with Gasteiger partial charge in [0.2, 0.25) is 5.91 Å². The Balaban J connectivity index is 2.04. The van der Waals surface area contributed by atoms with Gasteiger partial charge in [0.25, 0.3) is 0 Å². The second kappa shape index (κ2) is 5.69. The summed E-state index contributed by atoms with van der Waals surface area (Å²) < 4.78 is 0. The molecule has 5 nitrogen and oxygen atoms in total. The van der Waals surface area contributed by atoms with E-state index in [1.54, 1.807) is 0 Å². The number of carbonyl (C=O) groups is 2. The lowest BCUT2D eigenvalue weighted by molar-refractivity contribution is -0.149. The lowest BCUT2D eigenvalue weighted by atomic mass is 9.94. The summed E-state index contributed by atoms with van der Waals surface area (Å²) in [6, 6.07) is 0. The van der Waals surface area contributed by atoms with E-state index in [1.807, 2.05) is 4.90 Å². The van der Waals surface area contributed by atoms with E-state index in [0.29, 0.717) is 25.4 Å². The van der Waals surface area contributed by atoms with E-state index in [-0.39, 0.29) is 11.8 Å². The van der Waals surface area contributed by atoms with Crippen LogP contribution in [0, 0.1) is 17.8 Å². The van der Waals surface area contributed by atoms with Gasteiger partial charge in [0, 0.05) is 26.2 Å². The van der Waals surface area contributed by atoms with Crippen LogP contribution in [0.5, 0.6) is 0 Å². The Kier molecular flexibility index (Phi) is 4.22. The van der Waals surface area contributed by atoms with Gasteiger partial charge in [-0.15, -0.1) is 0 Å². The standard InChI is InChI=1S/C13H22N2O3/c1-2-9-7-10(11(8-9)13(17)18)12(16)15-5-3-14-4-6-15/h9-11,14H,2-8H2,1H3,(H,17,18)/t9?,10-,11+/m0/s1. The Labute approximate surface area is 108 Å². The predicted molar refractivity (Wildman–Crippen MR) is 67.1 cm³/mol. The maximum atomic E-state index is 12.4. The smallest absolute Gasteiger partial charge is 0.307 e. The van der Waals surface area contributed by atoms with Gasteiger partial charge in [0.05, 0.1) is 11.8 Å². The molecule has 1 unspecified atom stereocenters. The largest absolute Gasteiger partial charge is 0.481 e. The van der Waals surface area contributed by atoms with Crippen molar-refractivity contribution in [1.29, 1.82) is 0 Å². The Bertz CT molecular complexity index is 326. The first-order chi connectivity index (χ1) is 8.63. The van der Waals surface area contributed by atoms with E-state index >= 15 is 0 Å². The third-order valence-electron chi connectivity index (χ3n) is 4.30. The molecular formula is C13H22N2O3. The monoisotopic (exact) mass is 254 g/mol. The van der Waals surface area contributed by atoms with Crippen LogP contribution in [0.15, 0.2) is 0 Å². The number of carboxylic acid groups (broad SMARTS) is 1. The molecule has 2 N–H and O–H groups in total. The fourth-order valence-electron chi connectivity index (χ4n) is 3.14. The van der Waals surface area contributed by atoms with Gasteiger partial charge < -0.3 is 15.3 Å². The predicted octanol–water partition coefficient (Wildman–Crippen LogP) is 0.555. The number of hydrogen-bond donors (Lipinski definition) is 2. The Morgan fingerprint density at radius 2 is 1.83 bits per heavy atom. The van der Waals surface area contributed by atoms with Crippen LogP contribution in [-0.4, -0.2) is 48.1 Å². The van der Waals surface area contributed by atoms with Crippen molar-refractivity contribution in [2.24, 2.45) is 17.8 Å². The third-order valence-corrected chi connectivity index (χ3v) is 4.30. The minimum absolute atomic E-state index is 0.0554. The minimum atomic E-state index is -0.806. The summed E-state index contributed by atoms with van der Waals surface area (Å²) in [6.07, 6.45) is 2.37. The van der Waals surface area contributed by atoms with Crippen LogP contribution in [0.4, 0.5) is 0 Å². The van der Waals surface area contributed by atoms with Crippen molar-refractivity contribution in [1.82, 2.24) is 10.2 Å². The number of piperazine rings is 1. The van der Waals surface area contributed by atoms with Crippen molar-refractivity contribution < 1.29 is 14.7 Å². The number of carboxylic acids is 1. The van der Waals surface area contributed by atoms with Gasteiger partial charge in [0.15, 0.2) is 0 Å². The quantitative estimate of drug-likeness (QED) is 0.772. The van der Waals surface area contributed by atoms with Crippen molar-refractivity contribution in [3.05, 3.63) is 0 Å². The second-order valence-corrected chi connectivity index (χ2v) is 5.37. The Morgan fingerprint density at radius 1 is 1.22 bits per heavy atom. The summed E-state index contributed by atoms with van der Waals surface area (Å²) in [6.45, 7) is 5.11. The van der Waals surface area contributed by atoms with Crippen molar-refractivity contribution in [3.8, 4) is 0 Å². The molecule has 5 heteroatoms. The molecule has 102 valence electrons. The van der Waals surface area contributed by atoms with Crippen molar-refractivity contribution in [2.75, 3.05) is 26.2 Å². The number of nitrogens with one attached hydrogen (secondary N) is 1. The lowest BCUT2D eigenvalue weighted by Gasteiger charge is -2.30. The van der Waals surface area contributed by atoms with Crippen LogP contribution in [0.1, 0.15) is 26.2 Å². The first-order valence-corrected chi connectivity index (χ1v) is 6.85. The molecule has 0 radical (unpaired) electrons.